The first kappa shape index (κ1) is 21.9. The number of aliphatic hydroxyl groups is 2. The molecule has 4 aliphatic rings. The molecule has 0 bridgehead atoms. The second-order valence-corrected chi connectivity index (χ2v) is 10.3. The van der Waals surface area contributed by atoms with Crippen molar-refractivity contribution in [3.8, 4) is 11.8 Å². The van der Waals surface area contributed by atoms with E-state index in [1.165, 1.54) is 12.0 Å². The largest absolute Gasteiger partial charge is 0.395 e. The molecule has 172 valence electrons. The van der Waals surface area contributed by atoms with E-state index in [1.807, 2.05) is 12.1 Å². The van der Waals surface area contributed by atoms with Crippen LogP contribution < -0.4 is 0 Å². The maximum atomic E-state index is 13.0. The van der Waals surface area contributed by atoms with Crippen LogP contribution in [0, 0.1) is 17.8 Å². The minimum Gasteiger partial charge on any atom is -0.395 e. The lowest BCUT2D eigenvalue weighted by molar-refractivity contribution is -0.143. The van der Waals surface area contributed by atoms with Gasteiger partial charge in [0.15, 0.2) is 0 Å². The number of benzene rings is 1. The highest BCUT2D eigenvalue weighted by Gasteiger charge is 2.49. The van der Waals surface area contributed by atoms with Crippen molar-refractivity contribution in [1.29, 1.82) is 0 Å². The predicted octanol–water partition coefficient (Wildman–Crippen LogP) is 2.89. The molecule has 1 aromatic rings. The summed E-state index contributed by atoms with van der Waals surface area (Å²) in [4.78, 5) is 17.5. The lowest BCUT2D eigenvalue weighted by Gasteiger charge is -2.57. The smallest absolute Gasteiger partial charge is 0.225 e. The van der Waals surface area contributed by atoms with E-state index in [1.54, 1.807) is 0 Å². The number of fused-ring (bicyclic) bond motifs is 1. The van der Waals surface area contributed by atoms with E-state index in [4.69, 9.17) is 0 Å². The van der Waals surface area contributed by atoms with Crippen LogP contribution in [0.25, 0.3) is 0 Å². The van der Waals surface area contributed by atoms with Crippen molar-refractivity contribution in [1.82, 2.24) is 9.80 Å². The van der Waals surface area contributed by atoms with E-state index in [0.29, 0.717) is 5.91 Å². The van der Waals surface area contributed by atoms with Gasteiger partial charge in [-0.25, -0.2) is 0 Å². The van der Waals surface area contributed by atoms with Crippen molar-refractivity contribution in [3.05, 3.63) is 35.4 Å². The average molecular weight is 437 g/mol. The topological polar surface area (TPSA) is 64.0 Å². The molecule has 0 aromatic heterocycles. The summed E-state index contributed by atoms with van der Waals surface area (Å²) in [6.07, 6.45) is 9.03. The molecule has 5 heteroatoms. The minimum atomic E-state index is -0.815. The van der Waals surface area contributed by atoms with E-state index in [2.05, 4.69) is 33.8 Å². The zero-order valence-electron chi connectivity index (χ0n) is 19.0. The second kappa shape index (κ2) is 9.17. The molecular weight excluding hydrogens is 400 g/mol. The lowest BCUT2D eigenvalue weighted by atomic mass is 9.74. The molecule has 2 saturated carbocycles. The molecule has 32 heavy (non-hydrogen) atoms. The summed E-state index contributed by atoms with van der Waals surface area (Å²) in [5.41, 5.74) is 1.32. The summed E-state index contributed by atoms with van der Waals surface area (Å²) in [5, 5.41) is 20.6. The molecule has 0 radical (unpaired) electrons. The molecule has 2 N–H and O–H groups in total. The number of hydrogen-bond donors (Lipinski definition) is 2. The fourth-order valence-corrected chi connectivity index (χ4v) is 6.12. The quantitative estimate of drug-likeness (QED) is 0.716. The Morgan fingerprint density at radius 3 is 2.41 bits per heavy atom. The zero-order valence-corrected chi connectivity index (χ0v) is 19.0. The monoisotopic (exact) mass is 436 g/mol. The van der Waals surface area contributed by atoms with Gasteiger partial charge in [0, 0.05) is 42.6 Å². The summed E-state index contributed by atoms with van der Waals surface area (Å²) in [6.45, 7) is 2.78. The van der Waals surface area contributed by atoms with Crippen molar-refractivity contribution in [2.24, 2.45) is 5.92 Å². The minimum absolute atomic E-state index is 0.120. The van der Waals surface area contributed by atoms with E-state index in [0.717, 1.165) is 76.6 Å². The number of rotatable bonds is 3. The van der Waals surface area contributed by atoms with Gasteiger partial charge in [-0.15, -0.1) is 0 Å². The Hall–Kier alpha value is -1.87. The van der Waals surface area contributed by atoms with Gasteiger partial charge in [0.25, 0.3) is 0 Å². The summed E-state index contributed by atoms with van der Waals surface area (Å²) in [7, 11) is 0. The van der Waals surface area contributed by atoms with Gasteiger partial charge < -0.3 is 15.1 Å². The van der Waals surface area contributed by atoms with Crippen molar-refractivity contribution in [3.63, 3.8) is 0 Å². The third-order valence-corrected chi connectivity index (χ3v) is 8.30. The number of carbonyl (C=O) groups is 1. The van der Waals surface area contributed by atoms with Gasteiger partial charge >= 0.3 is 0 Å². The van der Waals surface area contributed by atoms with Gasteiger partial charge in [0.05, 0.1) is 6.61 Å². The Labute approximate surface area is 191 Å². The average Bonchev–Trinajstić information content (AvgIpc) is 3.17. The van der Waals surface area contributed by atoms with Gasteiger partial charge in [0.1, 0.15) is 5.60 Å². The summed E-state index contributed by atoms with van der Waals surface area (Å²) in [6, 6.07) is 8.73. The number of nitrogens with zero attached hydrogens (tertiary/aromatic N) is 2. The Balaban J connectivity index is 1.32. The first-order chi connectivity index (χ1) is 15.6. The van der Waals surface area contributed by atoms with E-state index in [9.17, 15) is 15.0 Å². The zero-order chi connectivity index (χ0) is 22.1. The number of carbonyl (C=O) groups excluding carboxylic acids is 1. The van der Waals surface area contributed by atoms with Crippen LogP contribution in [0.3, 0.4) is 0 Å². The molecule has 2 aliphatic heterocycles. The fourth-order valence-electron chi connectivity index (χ4n) is 6.12. The lowest BCUT2D eigenvalue weighted by Crippen LogP contribution is -2.68. The molecule has 0 spiro atoms. The maximum Gasteiger partial charge on any atom is 0.225 e. The van der Waals surface area contributed by atoms with E-state index in [-0.39, 0.29) is 30.5 Å². The van der Waals surface area contributed by atoms with Crippen LogP contribution in [0.5, 0.6) is 0 Å². The Kier molecular flexibility index (Phi) is 6.29. The van der Waals surface area contributed by atoms with Crippen molar-refractivity contribution < 1.29 is 15.0 Å². The molecule has 5 rings (SSSR count). The number of amides is 1. The molecular formula is C27H36N2O3. The standard InChI is InChI=1S/C27H36N2O3/c30-19-24-25(21-10-8-20(9-11-21)12-15-27(32)13-1-2-14-27)23-18-28(16-3-4-17-29(23)24)26(31)22-6-5-7-22/h8-11,22-25,30,32H,1-7,13-14,16-19H2/t23-,24+,25+/m1/s1. The van der Waals surface area contributed by atoms with Gasteiger partial charge in [-0.1, -0.05) is 30.4 Å². The van der Waals surface area contributed by atoms with Crippen molar-refractivity contribution in [2.75, 3.05) is 26.2 Å². The van der Waals surface area contributed by atoms with Crippen LogP contribution in [-0.2, 0) is 4.79 Å². The van der Waals surface area contributed by atoms with E-state index < -0.39 is 5.60 Å². The van der Waals surface area contributed by atoms with Crippen LogP contribution in [-0.4, -0.2) is 69.8 Å². The Bertz CT molecular complexity index is 876. The van der Waals surface area contributed by atoms with Crippen LogP contribution >= 0.6 is 0 Å². The summed E-state index contributed by atoms with van der Waals surface area (Å²) in [5.74, 6) is 7.07. The van der Waals surface area contributed by atoms with Crippen molar-refractivity contribution in [2.45, 2.75) is 81.4 Å². The molecule has 1 amide bonds. The van der Waals surface area contributed by atoms with E-state index >= 15 is 0 Å². The third kappa shape index (κ3) is 4.21. The Morgan fingerprint density at radius 2 is 1.75 bits per heavy atom. The molecule has 5 nitrogen and oxygen atoms in total. The maximum absolute atomic E-state index is 13.0. The first-order valence-electron chi connectivity index (χ1n) is 12.6. The highest BCUT2D eigenvalue weighted by Crippen LogP contribution is 2.42. The van der Waals surface area contributed by atoms with Crippen LogP contribution in [0.1, 0.15) is 74.8 Å². The number of aliphatic hydroxyl groups excluding tert-OH is 1. The fraction of sp³-hybridized carbons (Fsp3) is 0.667. The van der Waals surface area contributed by atoms with Gasteiger partial charge in [-0.05, 0) is 75.6 Å². The molecule has 2 aliphatic carbocycles. The number of hydrogen-bond acceptors (Lipinski definition) is 4. The third-order valence-electron chi connectivity index (χ3n) is 8.30. The molecule has 0 unspecified atom stereocenters. The molecule has 2 heterocycles. The molecule has 4 fully saturated rings. The molecule has 3 atom stereocenters. The SMILES string of the molecule is O=C(C1CCC1)N1CCCCN2[C@H](C1)[C@H](c1ccc(C#CC3(O)CCCC3)cc1)[C@@H]2CO. The highest BCUT2D eigenvalue weighted by atomic mass is 16.3. The molecule has 2 saturated heterocycles. The van der Waals surface area contributed by atoms with Crippen LogP contribution in [0.4, 0.5) is 0 Å². The van der Waals surface area contributed by atoms with Crippen LogP contribution in [0.2, 0.25) is 0 Å². The van der Waals surface area contributed by atoms with Crippen LogP contribution in [0.15, 0.2) is 24.3 Å². The summed E-state index contributed by atoms with van der Waals surface area (Å²) >= 11 is 0. The van der Waals surface area contributed by atoms with Crippen molar-refractivity contribution >= 4 is 5.91 Å². The first-order valence-corrected chi connectivity index (χ1v) is 12.6. The van der Waals surface area contributed by atoms with Gasteiger partial charge in [0.2, 0.25) is 5.91 Å². The van der Waals surface area contributed by atoms with Gasteiger partial charge in [-0.2, -0.15) is 0 Å². The highest BCUT2D eigenvalue weighted by molar-refractivity contribution is 5.79. The molecule has 1 aromatic carbocycles. The normalized spacial score (nSPS) is 30.2. The predicted molar refractivity (Wildman–Crippen MR) is 124 cm³/mol. The second-order valence-electron chi connectivity index (χ2n) is 10.3. The van der Waals surface area contributed by atoms with Gasteiger partial charge in [-0.3, -0.25) is 9.69 Å². The Morgan fingerprint density at radius 1 is 1.03 bits per heavy atom. The summed E-state index contributed by atoms with van der Waals surface area (Å²) < 4.78 is 0.